The van der Waals surface area contributed by atoms with Gasteiger partial charge < -0.3 is 5.11 Å². The van der Waals surface area contributed by atoms with Crippen LogP contribution in [0.5, 0.6) is 0 Å². The summed E-state index contributed by atoms with van der Waals surface area (Å²) in [6.45, 7) is 0. The number of aliphatic hydroxyl groups excluding tert-OH is 1. The molecule has 0 aromatic heterocycles. The molecule has 6 heteroatoms. The Kier molecular flexibility index (Phi) is 4.98. The lowest BCUT2D eigenvalue weighted by atomic mass is 9.93. The number of carbonyl (C=O) groups is 2. The van der Waals surface area contributed by atoms with Crippen LogP contribution >= 0.6 is 0 Å². The second kappa shape index (κ2) is 7.98. The zero-order chi connectivity index (χ0) is 23.1. The number of rotatable bonds is 3. The van der Waals surface area contributed by atoms with Crippen molar-refractivity contribution < 1.29 is 23.5 Å². The van der Waals surface area contributed by atoms with Crippen molar-refractivity contribution in [1.82, 2.24) is 0 Å². The molecule has 1 saturated heterocycles. The second-order valence-corrected chi connectivity index (χ2v) is 7.73. The van der Waals surface area contributed by atoms with Gasteiger partial charge in [-0.1, -0.05) is 60.7 Å². The van der Waals surface area contributed by atoms with Gasteiger partial charge in [0.15, 0.2) is 0 Å². The monoisotopic (exact) mass is 441 g/mol. The van der Waals surface area contributed by atoms with Crippen LogP contribution in [0.25, 0.3) is 16.5 Å². The molecule has 1 fully saturated rings. The Morgan fingerprint density at radius 3 is 2.24 bits per heavy atom. The number of nitrogens with zero attached hydrogens (tertiary/aromatic N) is 1. The van der Waals surface area contributed by atoms with Gasteiger partial charge in [0.2, 0.25) is 0 Å². The van der Waals surface area contributed by atoms with Gasteiger partial charge in [-0.2, -0.15) is 0 Å². The van der Waals surface area contributed by atoms with Crippen LogP contribution in [0.4, 0.5) is 14.5 Å². The third-order valence-electron chi connectivity index (χ3n) is 5.76. The SMILES string of the molecule is O=C1C(=O)N(c2cccc(F)c2)C(c2ccc(F)cc2)/C1=C(/O)c1cccc2ccccc12. The number of ketones is 1. The average molecular weight is 441 g/mol. The van der Waals surface area contributed by atoms with E-state index in [1.807, 2.05) is 24.3 Å². The van der Waals surface area contributed by atoms with Crippen molar-refractivity contribution in [3.8, 4) is 0 Å². The smallest absolute Gasteiger partial charge is 0.300 e. The summed E-state index contributed by atoms with van der Waals surface area (Å²) in [5.41, 5.74) is 0.801. The van der Waals surface area contributed by atoms with Gasteiger partial charge in [0, 0.05) is 11.3 Å². The Balaban J connectivity index is 1.78. The number of hydrogen-bond acceptors (Lipinski definition) is 3. The summed E-state index contributed by atoms with van der Waals surface area (Å²) in [6.07, 6.45) is 0. The van der Waals surface area contributed by atoms with E-state index in [0.29, 0.717) is 16.5 Å². The van der Waals surface area contributed by atoms with E-state index in [2.05, 4.69) is 0 Å². The van der Waals surface area contributed by atoms with Gasteiger partial charge in [-0.05, 0) is 46.7 Å². The van der Waals surface area contributed by atoms with E-state index < -0.39 is 29.4 Å². The third kappa shape index (κ3) is 3.46. The molecule has 5 rings (SSSR count). The predicted molar refractivity (Wildman–Crippen MR) is 122 cm³/mol. The number of benzene rings is 4. The minimum absolute atomic E-state index is 0.146. The first-order chi connectivity index (χ1) is 16.0. The Morgan fingerprint density at radius 2 is 1.48 bits per heavy atom. The highest BCUT2D eigenvalue weighted by molar-refractivity contribution is 6.51. The molecule has 4 aromatic rings. The molecule has 1 N–H and O–H groups in total. The maximum atomic E-state index is 14.0. The van der Waals surface area contributed by atoms with Crippen LogP contribution in [0, 0.1) is 11.6 Å². The quantitative estimate of drug-likeness (QED) is 0.250. The van der Waals surface area contributed by atoms with E-state index in [-0.39, 0.29) is 17.0 Å². The highest BCUT2D eigenvalue weighted by atomic mass is 19.1. The topological polar surface area (TPSA) is 57.6 Å². The summed E-state index contributed by atoms with van der Waals surface area (Å²) in [6, 6.07) is 22.1. The molecule has 0 saturated carbocycles. The van der Waals surface area contributed by atoms with Gasteiger partial charge >= 0.3 is 0 Å². The van der Waals surface area contributed by atoms with E-state index in [1.165, 1.54) is 42.5 Å². The molecule has 1 heterocycles. The normalized spacial score (nSPS) is 17.6. The number of hydrogen-bond donors (Lipinski definition) is 1. The molecule has 0 radical (unpaired) electrons. The first-order valence-electron chi connectivity index (χ1n) is 10.3. The molecule has 4 nitrogen and oxygen atoms in total. The summed E-state index contributed by atoms with van der Waals surface area (Å²) in [5, 5.41) is 12.9. The molecule has 0 spiro atoms. The summed E-state index contributed by atoms with van der Waals surface area (Å²) >= 11 is 0. The fourth-order valence-electron chi connectivity index (χ4n) is 4.26. The fourth-order valence-corrected chi connectivity index (χ4v) is 4.26. The Morgan fingerprint density at radius 1 is 0.788 bits per heavy atom. The average Bonchev–Trinajstić information content (AvgIpc) is 3.09. The summed E-state index contributed by atoms with van der Waals surface area (Å²) in [7, 11) is 0. The maximum absolute atomic E-state index is 14.0. The lowest BCUT2D eigenvalue weighted by Gasteiger charge is -2.25. The van der Waals surface area contributed by atoms with Crippen LogP contribution in [0.15, 0.2) is 96.6 Å². The van der Waals surface area contributed by atoms with E-state index in [4.69, 9.17) is 0 Å². The molecule has 0 aliphatic carbocycles. The Hall–Kier alpha value is -4.32. The number of anilines is 1. The zero-order valence-corrected chi connectivity index (χ0v) is 17.2. The molecule has 1 atom stereocenters. The number of Topliss-reactive ketones (excluding diaryl/α,β-unsaturated/α-hetero) is 1. The third-order valence-corrected chi connectivity index (χ3v) is 5.76. The number of aliphatic hydroxyl groups is 1. The molecule has 0 bridgehead atoms. The van der Waals surface area contributed by atoms with Crippen molar-refractivity contribution in [3.05, 3.63) is 119 Å². The molecule has 1 aliphatic heterocycles. The minimum Gasteiger partial charge on any atom is -0.507 e. The van der Waals surface area contributed by atoms with E-state index >= 15 is 0 Å². The van der Waals surface area contributed by atoms with Crippen molar-refractivity contribution in [2.45, 2.75) is 6.04 Å². The predicted octanol–water partition coefficient (Wildman–Crippen LogP) is 5.74. The Bertz CT molecular complexity index is 1440. The first-order valence-corrected chi connectivity index (χ1v) is 10.3. The first kappa shape index (κ1) is 20.6. The lowest BCUT2D eigenvalue weighted by molar-refractivity contribution is -0.132. The summed E-state index contributed by atoms with van der Waals surface area (Å²) < 4.78 is 27.6. The number of halogens is 2. The van der Waals surface area contributed by atoms with Crippen LogP contribution in [0.3, 0.4) is 0 Å². The van der Waals surface area contributed by atoms with E-state index in [9.17, 15) is 23.5 Å². The van der Waals surface area contributed by atoms with Crippen LogP contribution < -0.4 is 4.90 Å². The summed E-state index contributed by atoms with van der Waals surface area (Å²) in [5.74, 6) is -3.23. The van der Waals surface area contributed by atoms with Crippen molar-refractivity contribution in [1.29, 1.82) is 0 Å². The van der Waals surface area contributed by atoms with Crippen molar-refractivity contribution in [2.75, 3.05) is 4.90 Å². The van der Waals surface area contributed by atoms with Gasteiger partial charge in [0.1, 0.15) is 17.4 Å². The van der Waals surface area contributed by atoms with Crippen LogP contribution in [0.2, 0.25) is 0 Å². The van der Waals surface area contributed by atoms with E-state index in [0.717, 1.165) is 16.4 Å². The van der Waals surface area contributed by atoms with Crippen molar-refractivity contribution in [3.63, 3.8) is 0 Å². The van der Waals surface area contributed by atoms with Crippen molar-refractivity contribution in [2.24, 2.45) is 0 Å². The zero-order valence-electron chi connectivity index (χ0n) is 17.2. The highest BCUT2D eigenvalue weighted by Crippen LogP contribution is 2.43. The summed E-state index contributed by atoms with van der Waals surface area (Å²) in [4.78, 5) is 27.4. The maximum Gasteiger partial charge on any atom is 0.300 e. The van der Waals surface area contributed by atoms with Gasteiger partial charge in [-0.15, -0.1) is 0 Å². The van der Waals surface area contributed by atoms with Gasteiger partial charge in [0.05, 0.1) is 11.6 Å². The molecule has 1 aliphatic rings. The largest absolute Gasteiger partial charge is 0.507 e. The molecule has 33 heavy (non-hydrogen) atoms. The standard InChI is InChI=1S/C27H17F2NO3/c28-18-13-11-17(12-14-18)24-23(25(31)22-10-3-6-16-5-1-2-9-21(16)22)26(32)27(33)30(24)20-8-4-7-19(29)15-20/h1-15,24,31H/b25-23-. The molecule has 1 unspecified atom stereocenters. The van der Waals surface area contributed by atoms with Gasteiger partial charge in [0.25, 0.3) is 11.7 Å². The van der Waals surface area contributed by atoms with Crippen molar-refractivity contribution >= 4 is 33.9 Å². The van der Waals surface area contributed by atoms with Gasteiger partial charge in [-0.25, -0.2) is 8.78 Å². The number of amides is 1. The second-order valence-electron chi connectivity index (χ2n) is 7.73. The molecule has 1 amide bonds. The van der Waals surface area contributed by atoms with Gasteiger partial charge in [-0.3, -0.25) is 14.5 Å². The molecular formula is C27H17F2NO3. The van der Waals surface area contributed by atoms with Crippen LogP contribution in [0.1, 0.15) is 17.2 Å². The van der Waals surface area contributed by atoms with Crippen LogP contribution in [-0.2, 0) is 9.59 Å². The number of fused-ring (bicyclic) bond motifs is 1. The number of carbonyl (C=O) groups excluding carboxylic acids is 2. The van der Waals surface area contributed by atoms with E-state index in [1.54, 1.807) is 18.2 Å². The lowest BCUT2D eigenvalue weighted by Crippen LogP contribution is -2.29. The molecule has 4 aromatic carbocycles. The minimum atomic E-state index is -1.06. The molecule has 162 valence electrons. The van der Waals surface area contributed by atoms with Crippen LogP contribution in [-0.4, -0.2) is 16.8 Å². The fraction of sp³-hybridized carbons (Fsp3) is 0.0370. The highest BCUT2D eigenvalue weighted by Gasteiger charge is 2.47. The molecular weight excluding hydrogens is 424 g/mol. The Labute approximate surface area is 188 Å².